The number of ketones is 2. The van der Waals surface area contributed by atoms with Crippen LogP contribution in [0.3, 0.4) is 0 Å². The van der Waals surface area contributed by atoms with E-state index in [0.29, 0.717) is 12.3 Å². The van der Waals surface area contributed by atoms with E-state index in [1.54, 1.807) is 19.1 Å². The van der Waals surface area contributed by atoms with Crippen LogP contribution < -0.4 is 0 Å². The highest BCUT2D eigenvalue weighted by Gasteiger charge is 2.54. The minimum absolute atomic E-state index is 0.0403. The molecule has 1 fully saturated rings. The van der Waals surface area contributed by atoms with Gasteiger partial charge in [0.15, 0.2) is 5.78 Å². The third-order valence-electron chi connectivity index (χ3n) is 6.62. The second-order valence-electron chi connectivity index (χ2n) is 7.64. The van der Waals surface area contributed by atoms with E-state index >= 15 is 0 Å². The Kier molecular flexibility index (Phi) is 3.67. The number of carbonyl (C=O) groups excluding carboxylic acids is 2. The predicted octanol–water partition coefficient (Wildman–Crippen LogP) is 3.78. The zero-order chi connectivity index (χ0) is 16.8. The SMILES string of the molecule is CC(=O)[C@@]1(C)CC[C@H]2[C@@H](C=CC3=CC(=O)C=C[C@@]32C)C1CC#N. The fraction of sp³-hybridized carbons (Fsp3) is 0.550. The Morgan fingerprint density at radius 3 is 2.78 bits per heavy atom. The van der Waals surface area contributed by atoms with Crippen LogP contribution in [0.2, 0.25) is 0 Å². The van der Waals surface area contributed by atoms with Gasteiger partial charge in [-0.05, 0) is 55.2 Å². The lowest BCUT2D eigenvalue weighted by Crippen LogP contribution is -2.50. The molecule has 0 aromatic heterocycles. The smallest absolute Gasteiger partial charge is 0.178 e. The van der Waals surface area contributed by atoms with Gasteiger partial charge in [-0.3, -0.25) is 9.59 Å². The zero-order valence-electron chi connectivity index (χ0n) is 14.0. The molecule has 0 aromatic rings. The number of allylic oxidation sites excluding steroid dienone is 6. The van der Waals surface area contributed by atoms with Gasteiger partial charge in [0.25, 0.3) is 0 Å². The van der Waals surface area contributed by atoms with E-state index in [2.05, 4.69) is 19.1 Å². The maximum absolute atomic E-state index is 12.3. The summed E-state index contributed by atoms with van der Waals surface area (Å²) in [6.45, 7) is 5.86. The molecule has 0 N–H and O–H groups in total. The van der Waals surface area contributed by atoms with Crippen LogP contribution in [0.5, 0.6) is 0 Å². The molecule has 3 heteroatoms. The Bertz CT molecular complexity index is 693. The van der Waals surface area contributed by atoms with Gasteiger partial charge in [-0.15, -0.1) is 0 Å². The van der Waals surface area contributed by atoms with Gasteiger partial charge in [-0.25, -0.2) is 0 Å². The van der Waals surface area contributed by atoms with Crippen LogP contribution in [0.4, 0.5) is 0 Å². The molecule has 0 saturated heterocycles. The Balaban J connectivity index is 2.07. The van der Waals surface area contributed by atoms with Gasteiger partial charge in [-0.2, -0.15) is 5.26 Å². The fourth-order valence-corrected chi connectivity index (χ4v) is 4.89. The average molecular weight is 309 g/mol. The molecule has 0 radical (unpaired) electrons. The highest BCUT2D eigenvalue weighted by molar-refractivity contribution is 6.01. The van der Waals surface area contributed by atoms with Gasteiger partial charge in [-0.1, -0.05) is 32.1 Å². The number of fused-ring (bicyclic) bond motifs is 3. The first-order valence-corrected chi connectivity index (χ1v) is 8.34. The van der Waals surface area contributed by atoms with Crippen molar-refractivity contribution in [1.82, 2.24) is 0 Å². The van der Waals surface area contributed by atoms with Crippen LogP contribution in [-0.4, -0.2) is 11.6 Å². The number of carbonyl (C=O) groups is 2. The number of Topliss-reactive ketones (excluding diaryl/α,β-unsaturated/α-hetero) is 1. The average Bonchev–Trinajstić information content (AvgIpc) is 2.50. The molecule has 3 aliphatic rings. The van der Waals surface area contributed by atoms with E-state index in [4.69, 9.17) is 0 Å². The Hall–Kier alpha value is -1.95. The minimum atomic E-state index is -0.424. The predicted molar refractivity (Wildman–Crippen MR) is 88.2 cm³/mol. The van der Waals surface area contributed by atoms with E-state index < -0.39 is 5.41 Å². The topological polar surface area (TPSA) is 57.9 Å². The lowest BCUT2D eigenvalue weighted by Gasteiger charge is -2.54. The van der Waals surface area contributed by atoms with E-state index in [9.17, 15) is 14.9 Å². The molecule has 3 aliphatic carbocycles. The van der Waals surface area contributed by atoms with E-state index in [1.807, 2.05) is 19.1 Å². The molecule has 23 heavy (non-hydrogen) atoms. The van der Waals surface area contributed by atoms with Gasteiger partial charge in [0, 0.05) is 17.3 Å². The van der Waals surface area contributed by atoms with Crippen molar-refractivity contribution in [3.8, 4) is 6.07 Å². The van der Waals surface area contributed by atoms with Crippen LogP contribution in [0, 0.1) is 39.9 Å². The van der Waals surface area contributed by atoms with Gasteiger partial charge in [0.05, 0.1) is 6.07 Å². The second kappa shape index (κ2) is 5.30. The summed E-state index contributed by atoms with van der Waals surface area (Å²) in [5.41, 5.74) is 0.472. The molecule has 5 atom stereocenters. The van der Waals surface area contributed by atoms with Crippen molar-refractivity contribution in [2.24, 2.45) is 28.6 Å². The maximum Gasteiger partial charge on any atom is 0.178 e. The first-order valence-electron chi connectivity index (χ1n) is 8.34. The summed E-state index contributed by atoms with van der Waals surface area (Å²) in [7, 11) is 0. The monoisotopic (exact) mass is 309 g/mol. The van der Waals surface area contributed by atoms with Crippen LogP contribution in [-0.2, 0) is 9.59 Å². The molecule has 0 heterocycles. The van der Waals surface area contributed by atoms with Gasteiger partial charge in [0.1, 0.15) is 5.78 Å². The molecule has 120 valence electrons. The Morgan fingerprint density at radius 1 is 1.39 bits per heavy atom. The number of hydrogen-bond donors (Lipinski definition) is 0. The molecule has 1 unspecified atom stereocenters. The third-order valence-corrected chi connectivity index (χ3v) is 6.62. The number of nitriles is 1. The highest BCUT2D eigenvalue weighted by atomic mass is 16.1. The van der Waals surface area contributed by atoms with Crippen molar-refractivity contribution in [1.29, 1.82) is 5.26 Å². The zero-order valence-corrected chi connectivity index (χ0v) is 14.0. The molecule has 1 saturated carbocycles. The van der Waals surface area contributed by atoms with Crippen molar-refractivity contribution < 1.29 is 9.59 Å². The molecule has 0 aromatic carbocycles. The first-order chi connectivity index (χ1) is 10.8. The molecular weight excluding hydrogens is 286 g/mol. The summed E-state index contributed by atoms with van der Waals surface area (Å²) in [6.07, 6.45) is 11.8. The van der Waals surface area contributed by atoms with Crippen LogP contribution >= 0.6 is 0 Å². The van der Waals surface area contributed by atoms with Crippen LogP contribution in [0.25, 0.3) is 0 Å². The van der Waals surface area contributed by atoms with Crippen molar-refractivity contribution in [3.05, 3.63) is 36.0 Å². The quantitative estimate of drug-likeness (QED) is 0.780. The first kappa shape index (κ1) is 15.9. The second-order valence-corrected chi connectivity index (χ2v) is 7.64. The molecule has 0 amide bonds. The standard InChI is InChI=1S/C20H23NO2/c1-13(22)19(2)10-7-17-16(18(19)8-11-21)5-4-14-12-15(23)6-9-20(14,17)3/h4-6,9,12,16-18H,7-8,10H2,1-3H3/t16-,17+,18?,19-,20+/m1/s1. The third kappa shape index (κ3) is 2.24. The summed E-state index contributed by atoms with van der Waals surface area (Å²) in [5.74, 6) is 0.819. The fourth-order valence-electron chi connectivity index (χ4n) is 4.89. The van der Waals surface area contributed by atoms with Crippen molar-refractivity contribution in [3.63, 3.8) is 0 Å². The summed E-state index contributed by atoms with van der Waals surface area (Å²) in [5, 5.41) is 9.30. The molecule has 0 bridgehead atoms. The van der Waals surface area contributed by atoms with E-state index in [1.165, 1.54) is 0 Å². The summed E-state index contributed by atoms with van der Waals surface area (Å²) >= 11 is 0. The summed E-state index contributed by atoms with van der Waals surface area (Å²) in [6, 6.07) is 2.30. The van der Waals surface area contributed by atoms with Crippen LogP contribution in [0.1, 0.15) is 40.0 Å². The van der Waals surface area contributed by atoms with Crippen molar-refractivity contribution >= 4 is 11.6 Å². The minimum Gasteiger partial charge on any atom is -0.299 e. The Labute approximate surface area is 137 Å². The maximum atomic E-state index is 12.3. The molecular formula is C20H23NO2. The van der Waals surface area contributed by atoms with Crippen molar-refractivity contribution in [2.75, 3.05) is 0 Å². The highest BCUT2D eigenvalue weighted by Crippen LogP contribution is 2.59. The molecule has 0 aliphatic heterocycles. The van der Waals surface area contributed by atoms with E-state index in [0.717, 1.165) is 18.4 Å². The van der Waals surface area contributed by atoms with E-state index in [-0.39, 0.29) is 28.8 Å². The number of hydrogen-bond acceptors (Lipinski definition) is 3. The van der Waals surface area contributed by atoms with Gasteiger partial charge < -0.3 is 0 Å². The van der Waals surface area contributed by atoms with Gasteiger partial charge in [0.2, 0.25) is 0 Å². The van der Waals surface area contributed by atoms with Gasteiger partial charge >= 0.3 is 0 Å². The Morgan fingerprint density at radius 2 is 2.13 bits per heavy atom. The molecule has 0 spiro atoms. The number of nitrogens with zero attached hydrogens (tertiary/aromatic N) is 1. The molecule has 3 nitrogen and oxygen atoms in total. The largest absolute Gasteiger partial charge is 0.299 e. The molecule has 3 rings (SSSR count). The summed E-state index contributed by atoms with van der Waals surface area (Å²) in [4.78, 5) is 24.0. The van der Waals surface area contributed by atoms with Crippen LogP contribution in [0.15, 0.2) is 36.0 Å². The lowest BCUT2D eigenvalue weighted by atomic mass is 9.49. The normalized spacial score (nSPS) is 41.6. The summed E-state index contributed by atoms with van der Waals surface area (Å²) < 4.78 is 0. The van der Waals surface area contributed by atoms with Crippen molar-refractivity contribution in [2.45, 2.75) is 40.0 Å². The number of rotatable bonds is 2. The lowest BCUT2D eigenvalue weighted by molar-refractivity contribution is -0.134.